The van der Waals surface area contributed by atoms with E-state index in [1.54, 1.807) is 18.2 Å². The molecule has 1 heterocycles. The number of carbonyl (C=O) groups excluding carboxylic acids is 1. The smallest absolute Gasteiger partial charge is 0.161 e. The minimum Gasteiger partial charge on any atom is -0.294 e. The van der Waals surface area contributed by atoms with Crippen LogP contribution >= 0.6 is 0 Å². The number of carbonyl (C=O) groups is 1. The van der Waals surface area contributed by atoms with E-state index in [4.69, 9.17) is 5.26 Å². The Labute approximate surface area is 92.0 Å². The van der Waals surface area contributed by atoms with E-state index >= 15 is 0 Å². The summed E-state index contributed by atoms with van der Waals surface area (Å²) in [6, 6.07) is 6.87. The Morgan fingerprint density at radius 2 is 2.31 bits per heavy atom. The van der Waals surface area contributed by atoms with E-state index in [9.17, 15) is 4.79 Å². The predicted molar refractivity (Wildman–Crippen MR) is 56.1 cm³/mol. The molecular weight excluding hydrogens is 204 g/mol. The van der Waals surface area contributed by atoms with Crippen LogP contribution in [0.3, 0.4) is 0 Å². The van der Waals surface area contributed by atoms with Gasteiger partial charge in [-0.25, -0.2) is 9.67 Å². The number of benzene rings is 1. The van der Waals surface area contributed by atoms with Gasteiger partial charge in [0.15, 0.2) is 5.78 Å². The Bertz CT molecular complexity index is 566. The highest BCUT2D eigenvalue weighted by Crippen LogP contribution is 2.16. The van der Waals surface area contributed by atoms with E-state index in [-0.39, 0.29) is 5.78 Å². The van der Waals surface area contributed by atoms with Crippen molar-refractivity contribution in [3.63, 3.8) is 0 Å². The Balaban J connectivity index is 2.65. The standard InChI is InChI=1S/C11H8N4O/c1-8(16)10-3-2-9(5-12)4-11(10)15-7-13-6-14-15/h2-4,6-7H,1H3. The molecule has 0 spiro atoms. The molecule has 2 rings (SSSR count). The maximum absolute atomic E-state index is 11.4. The highest BCUT2D eigenvalue weighted by Gasteiger charge is 2.10. The summed E-state index contributed by atoms with van der Waals surface area (Å²) < 4.78 is 1.47. The molecule has 0 amide bonds. The summed E-state index contributed by atoms with van der Waals surface area (Å²) in [5.41, 5.74) is 1.57. The van der Waals surface area contributed by atoms with Gasteiger partial charge in [-0.15, -0.1) is 0 Å². The molecule has 0 aliphatic rings. The number of ketones is 1. The highest BCUT2D eigenvalue weighted by molar-refractivity contribution is 5.97. The fourth-order valence-corrected chi connectivity index (χ4v) is 1.42. The van der Waals surface area contributed by atoms with Crippen molar-refractivity contribution in [1.29, 1.82) is 5.26 Å². The molecule has 5 nitrogen and oxygen atoms in total. The van der Waals surface area contributed by atoms with E-state index < -0.39 is 0 Å². The number of aromatic nitrogens is 3. The summed E-state index contributed by atoms with van der Waals surface area (Å²) in [7, 11) is 0. The maximum atomic E-state index is 11.4. The normalized spacial score (nSPS) is 9.75. The van der Waals surface area contributed by atoms with Crippen LogP contribution in [0.4, 0.5) is 0 Å². The third-order valence-corrected chi connectivity index (χ3v) is 2.17. The molecule has 0 saturated heterocycles. The summed E-state index contributed by atoms with van der Waals surface area (Å²) >= 11 is 0. The van der Waals surface area contributed by atoms with Crippen LogP contribution in [0.2, 0.25) is 0 Å². The molecule has 0 aliphatic heterocycles. The molecule has 1 aromatic carbocycles. The van der Waals surface area contributed by atoms with Gasteiger partial charge in [0, 0.05) is 5.56 Å². The average molecular weight is 212 g/mol. The molecule has 2 aromatic rings. The number of nitriles is 1. The van der Waals surface area contributed by atoms with Crippen molar-refractivity contribution >= 4 is 5.78 Å². The lowest BCUT2D eigenvalue weighted by molar-refractivity contribution is 0.101. The first-order valence-corrected chi connectivity index (χ1v) is 4.62. The molecule has 0 saturated carbocycles. The maximum Gasteiger partial charge on any atom is 0.161 e. The van der Waals surface area contributed by atoms with Gasteiger partial charge in [-0.3, -0.25) is 4.79 Å². The third kappa shape index (κ3) is 1.68. The summed E-state index contributed by atoms with van der Waals surface area (Å²) in [5.74, 6) is -0.0741. The van der Waals surface area contributed by atoms with Crippen LogP contribution in [0, 0.1) is 11.3 Å². The molecular formula is C11H8N4O. The van der Waals surface area contributed by atoms with Gasteiger partial charge in [0.2, 0.25) is 0 Å². The number of hydrogen-bond acceptors (Lipinski definition) is 4. The lowest BCUT2D eigenvalue weighted by Gasteiger charge is -2.06. The summed E-state index contributed by atoms with van der Waals surface area (Å²) in [5, 5.41) is 12.8. The lowest BCUT2D eigenvalue weighted by Crippen LogP contribution is -2.04. The van der Waals surface area contributed by atoms with Crippen molar-refractivity contribution < 1.29 is 4.79 Å². The zero-order valence-corrected chi connectivity index (χ0v) is 8.58. The van der Waals surface area contributed by atoms with Crippen LogP contribution in [0.15, 0.2) is 30.9 Å². The zero-order valence-electron chi connectivity index (χ0n) is 8.58. The van der Waals surface area contributed by atoms with Gasteiger partial charge in [0.25, 0.3) is 0 Å². The minimum atomic E-state index is -0.0741. The van der Waals surface area contributed by atoms with Gasteiger partial charge in [0.05, 0.1) is 17.3 Å². The average Bonchev–Trinajstić information content (AvgIpc) is 2.81. The van der Waals surface area contributed by atoms with Gasteiger partial charge < -0.3 is 0 Å². The molecule has 0 N–H and O–H groups in total. The SMILES string of the molecule is CC(=O)c1ccc(C#N)cc1-n1cncn1. The second-order valence-corrected chi connectivity index (χ2v) is 3.24. The molecule has 0 bridgehead atoms. The van der Waals surface area contributed by atoms with Crippen LogP contribution in [-0.4, -0.2) is 20.5 Å². The molecule has 0 fully saturated rings. The van der Waals surface area contributed by atoms with E-state index in [2.05, 4.69) is 10.1 Å². The Morgan fingerprint density at radius 1 is 1.50 bits per heavy atom. The van der Waals surface area contributed by atoms with Crippen molar-refractivity contribution in [3.05, 3.63) is 42.0 Å². The largest absolute Gasteiger partial charge is 0.294 e. The molecule has 0 radical (unpaired) electrons. The summed E-state index contributed by atoms with van der Waals surface area (Å²) in [6.07, 6.45) is 2.87. The van der Waals surface area contributed by atoms with Crippen LogP contribution in [0.1, 0.15) is 22.8 Å². The van der Waals surface area contributed by atoms with Crippen molar-refractivity contribution in [2.45, 2.75) is 6.92 Å². The summed E-state index contributed by atoms with van der Waals surface area (Å²) in [4.78, 5) is 15.2. The number of Topliss-reactive ketones (excluding diaryl/α,β-unsaturated/α-hetero) is 1. The predicted octanol–water partition coefficient (Wildman–Crippen LogP) is 1.34. The second-order valence-electron chi connectivity index (χ2n) is 3.24. The fraction of sp³-hybridized carbons (Fsp3) is 0.0909. The van der Waals surface area contributed by atoms with Crippen LogP contribution in [-0.2, 0) is 0 Å². The molecule has 1 aromatic heterocycles. The number of nitrogens with zero attached hydrogens (tertiary/aromatic N) is 4. The molecule has 0 unspecified atom stereocenters. The topological polar surface area (TPSA) is 71.6 Å². The van der Waals surface area contributed by atoms with Gasteiger partial charge in [-0.2, -0.15) is 10.4 Å². The monoisotopic (exact) mass is 212 g/mol. The van der Waals surface area contributed by atoms with Crippen molar-refractivity contribution in [3.8, 4) is 11.8 Å². The van der Waals surface area contributed by atoms with Gasteiger partial charge in [-0.05, 0) is 25.1 Å². The van der Waals surface area contributed by atoms with Gasteiger partial charge in [0.1, 0.15) is 12.7 Å². The fourth-order valence-electron chi connectivity index (χ4n) is 1.42. The lowest BCUT2D eigenvalue weighted by atomic mass is 10.1. The van der Waals surface area contributed by atoms with Crippen LogP contribution in [0.5, 0.6) is 0 Å². The van der Waals surface area contributed by atoms with Crippen molar-refractivity contribution in [1.82, 2.24) is 14.8 Å². The number of rotatable bonds is 2. The molecule has 78 valence electrons. The van der Waals surface area contributed by atoms with Gasteiger partial charge in [-0.1, -0.05) is 0 Å². The van der Waals surface area contributed by atoms with E-state index in [0.717, 1.165) is 0 Å². The van der Waals surface area contributed by atoms with Crippen molar-refractivity contribution in [2.24, 2.45) is 0 Å². The highest BCUT2D eigenvalue weighted by atomic mass is 16.1. The zero-order chi connectivity index (χ0) is 11.5. The Morgan fingerprint density at radius 3 is 2.88 bits per heavy atom. The molecule has 0 atom stereocenters. The van der Waals surface area contributed by atoms with E-state index in [1.165, 1.54) is 24.3 Å². The first-order chi connectivity index (χ1) is 7.72. The Kier molecular flexibility index (Phi) is 2.48. The molecule has 0 aliphatic carbocycles. The van der Waals surface area contributed by atoms with Crippen LogP contribution in [0.25, 0.3) is 5.69 Å². The summed E-state index contributed by atoms with van der Waals surface area (Å²) in [6.45, 7) is 1.47. The number of hydrogen-bond donors (Lipinski definition) is 0. The third-order valence-electron chi connectivity index (χ3n) is 2.17. The first-order valence-electron chi connectivity index (χ1n) is 4.62. The van der Waals surface area contributed by atoms with E-state index in [0.29, 0.717) is 16.8 Å². The second kappa shape index (κ2) is 3.95. The minimum absolute atomic E-state index is 0.0741. The van der Waals surface area contributed by atoms with Crippen LogP contribution < -0.4 is 0 Å². The van der Waals surface area contributed by atoms with Gasteiger partial charge >= 0.3 is 0 Å². The molecule has 16 heavy (non-hydrogen) atoms. The Hall–Kier alpha value is -2.48. The quantitative estimate of drug-likeness (QED) is 0.704. The van der Waals surface area contributed by atoms with E-state index in [1.807, 2.05) is 6.07 Å². The van der Waals surface area contributed by atoms with Crippen molar-refractivity contribution in [2.75, 3.05) is 0 Å². The first kappa shape index (κ1) is 10.1. The molecule has 5 heteroatoms.